The zero-order chi connectivity index (χ0) is 14.7. The highest BCUT2D eigenvalue weighted by molar-refractivity contribution is 5.67. The van der Waals surface area contributed by atoms with Crippen molar-refractivity contribution in [2.24, 2.45) is 0 Å². The number of carbonyl (C=O) groups excluding carboxylic acids is 1. The number of hydrogen-bond acceptors (Lipinski definition) is 4. The minimum absolute atomic E-state index is 0.351. The van der Waals surface area contributed by atoms with Crippen molar-refractivity contribution in [3.05, 3.63) is 0 Å². The van der Waals surface area contributed by atoms with E-state index in [4.69, 9.17) is 4.74 Å². The first-order valence-corrected chi connectivity index (χ1v) is 7.29. The summed E-state index contributed by atoms with van der Waals surface area (Å²) in [4.78, 5) is 13.8. The minimum atomic E-state index is -0.431. The van der Waals surface area contributed by atoms with Gasteiger partial charge in [0.1, 0.15) is 5.60 Å². The SMILES string of the molecule is CCCN(CC)CCNCCNC(=O)OC(C)(C)C. The summed E-state index contributed by atoms with van der Waals surface area (Å²) in [5, 5.41) is 6.04. The largest absolute Gasteiger partial charge is 0.444 e. The van der Waals surface area contributed by atoms with Crippen molar-refractivity contribution in [2.75, 3.05) is 39.3 Å². The Bertz CT molecular complexity index is 239. The first kappa shape index (κ1) is 18.2. The maximum absolute atomic E-state index is 11.4. The van der Waals surface area contributed by atoms with Gasteiger partial charge >= 0.3 is 6.09 Å². The van der Waals surface area contributed by atoms with Gasteiger partial charge in [0.25, 0.3) is 0 Å². The summed E-state index contributed by atoms with van der Waals surface area (Å²) < 4.78 is 5.15. The highest BCUT2D eigenvalue weighted by atomic mass is 16.6. The lowest BCUT2D eigenvalue weighted by Gasteiger charge is -2.20. The average molecular weight is 273 g/mol. The molecule has 0 atom stereocenters. The minimum Gasteiger partial charge on any atom is -0.444 e. The van der Waals surface area contributed by atoms with Crippen LogP contribution in [0.1, 0.15) is 41.0 Å². The van der Waals surface area contributed by atoms with Crippen LogP contribution in [0, 0.1) is 0 Å². The van der Waals surface area contributed by atoms with Crippen LogP contribution in [0.4, 0.5) is 4.79 Å². The van der Waals surface area contributed by atoms with E-state index < -0.39 is 5.60 Å². The van der Waals surface area contributed by atoms with Crippen LogP contribution in [-0.4, -0.2) is 55.9 Å². The Morgan fingerprint density at radius 1 is 1.11 bits per heavy atom. The molecule has 0 aromatic carbocycles. The molecule has 0 radical (unpaired) electrons. The van der Waals surface area contributed by atoms with E-state index in [1.807, 2.05) is 20.8 Å². The maximum Gasteiger partial charge on any atom is 0.407 e. The third kappa shape index (κ3) is 12.0. The third-order valence-corrected chi connectivity index (χ3v) is 2.56. The number of carbonyl (C=O) groups is 1. The van der Waals surface area contributed by atoms with Gasteiger partial charge in [-0.25, -0.2) is 4.79 Å². The molecule has 1 amide bonds. The first-order chi connectivity index (χ1) is 8.89. The van der Waals surface area contributed by atoms with Crippen LogP contribution in [0.15, 0.2) is 0 Å². The Labute approximate surface area is 118 Å². The van der Waals surface area contributed by atoms with Crippen molar-refractivity contribution in [1.82, 2.24) is 15.5 Å². The van der Waals surface area contributed by atoms with Crippen LogP contribution in [0.3, 0.4) is 0 Å². The second kappa shape index (κ2) is 10.0. The van der Waals surface area contributed by atoms with Crippen LogP contribution >= 0.6 is 0 Å². The molecule has 5 heteroatoms. The molecule has 19 heavy (non-hydrogen) atoms. The Morgan fingerprint density at radius 3 is 2.32 bits per heavy atom. The summed E-state index contributed by atoms with van der Waals surface area (Å²) in [6.07, 6.45) is 0.837. The number of alkyl carbamates (subject to hydrolysis) is 1. The molecule has 0 aliphatic heterocycles. The Kier molecular flexibility index (Phi) is 9.61. The van der Waals surface area contributed by atoms with Crippen molar-refractivity contribution < 1.29 is 9.53 Å². The highest BCUT2D eigenvalue weighted by Gasteiger charge is 2.15. The van der Waals surface area contributed by atoms with Crippen LogP contribution in [0.5, 0.6) is 0 Å². The quantitative estimate of drug-likeness (QED) is 0.629. The van der Waals surface area contributed by atoms with E-state index in [1.54, 1.807) is 0 Å². The molecule has 0 aliphatic carbocycles. The summed E-state index contributed by atoms with van der Waals surface area (Å²) >= 11 is 0. The lowest BCUT2D eigenvalue weighted by molar-refractivity contribution is 0.0528. The third-order valence-electron chi connectivity index (χ3n) is 2.56. The predicted octanol–water partition coefficient (Wildman–Crippen LogP) is 1.83. The van der Waals surface area contributed by atoms with E-state index in [1.165, 1.54) is 6.42 Å². The molecule has 0 unspecified atom stereocenters. The summed E-state index contributed by atoms with van der Waals surface area (Å²) in [5.74, 6) is 0. The zero-order valence-electron chi connectivity index (χ0n) is 13.2. The number of ether oxygens (including phenoxy) is 1. The number of likely N-dealkylation sites (N-methyl/N-ethyl adjacent to an activating group) is 1. The zero-order valence-corrected chi connectivity index (χ0v) is 13.2. The first-order valence-electron chi connectivity index (χ1n) is 7.29. The van der Waals surface area contributed by atoms with Gasteiger partial charge in [-0.3, -0.25) is 0 Å². The van der Waals surface area contributed by atoms with E-state index in [2.05, 4.69) is 29.4 Å². The number of nitrogens with zero attached hydrogens (tertiary/aromatic N) is 1. The molecule has 0 spiro atoms. The maximum atomic E-state index is 11.4. The van der Waals surface area contributed by atoms with Gasteiger partial charge in [0.05, 0.1) is 0 Å². The van der Waals surface area contributed by atoms with E-state index in [0.717, 1.165) is 32.7 Å². The van der Waals surface area contributed by atoms with Gasteiger partial charge < -0.3 is 20.3 Å². The summed E-state index contributed by atoms with van der Waals surface area (Å²) in [5.41, 5.74) is -0.431. The van der Waals surface area contributed by atoms with E-state index in [0.29, 0.717) is 6.54 Å². The van der Waals surface area contributed by atoms with Gasteiger partial charge in [-0.05, 0) is 40.3 Å². The van der Waals surface area contributed by atoms with Crippen molar-refractivity contribution >= 4 is 6.09 Å². The molecule has 0 aromatic heterocycles. The van der Waals surface area contributed by atoms with Crippen LogP contribution in [0.25, 0.3) is 0 Å². The topological polar surface area (TPSA) is 53.6 Å². The molecule has 2 N–H and O–H groups in total. The smallest absolute Gasteiger partial charge is 0.407 e. The van der Waals surface area contributed by atoms with Crippen molar-refractivity contribution in [3.8, 4) is 0 Å². The highest BCUT2D eigenvalue weighted by Crippen LogP contribution is 2.05. The number of nitrogens with one attached hydrogen (secondary N) is 2. The molecule has 0 aliphatic rings. The molecule has 0 saturated heterocycles. The Morgan fingerprint density at radius 2 is 1.79 bits per heavy atom. The normalized spacial score (nSPS) is 11.7. The Balaban J connectivity index is 3.47. The molecule has 0 aromatic rings. The summed E-state index contributed by atoms with van der Waals surface area (Å²) in [6, 6.07) is 0. The second-order valence-electron chi connectivity index (χ2n) is 5.61. The van der Waals surface area contributed by atoms with Gasteiger partial charge in [-0.1, -0.05) is 13.8 Å². The molecule has 0 heterocycles. The molecule has 0 saturated carbocycles. The summed E-state index contributed by atoms with van der Waals surface area (Å²) in [6.45, 7) is 15.5. The van der Waals surface area contributed by atoms with Gasteiger partial charge in [0, 0.05) is 26.2 Å². The van der Waals surface area contributed by atoms with Gasteiger partial charge in [0.15, 0.2) is 0 Å². The van der Waals surface area contributed by atoms with Crippen molar-refractivity contribution in [1.29, 1.82) is 0 Å². The van der Waals surface area contributed by atoms with E-state index in [9.17, 15) is 4.79 Å². The molecular weight excluding hydrogens is 242 g/mol. The van der Waals surface area contributed by atoms with Gasteiger partial charge in [-0.15, -0.1) is 0 Å². The molecular formula is C14H31N3O2. The lowest BCUT2D eigenvalue weighted by atomic mass is 10.2. The lowest BCUT2D eigenvalue weighted by Crippen LogP contribution is -2.38. The fourth-order valence-electron chi connectivity index (χ4n) is 1.67. The Hall–Kier alpha value is -0.810. The fourth-order valence-corrected chi connectivity index (χ4v) is 1.67. The molecule has 114 valence electrons. The predicted molar refractivity (Wildman–Crippen MR) is 79.5 cm³/mol. The van der Waals surface area contributed by atoms with Crippen LogP contribution < -0.4 is 10.6 Å². The number of rotatable bonds is 9. The molecule has 0 bridgehead atoms. The van der Waals surface area contributed by atoms with Gasteiger partial charge in [-0.2, -0.15) is 0 Å². The average Bonchev–Trinajstić information content (AvgIpc) is 2.29. The van der Waals surface area contributed by atoms with Crippen molar-refractivity contribution in [2.45, 2.75) is 46.6 Å². The monoisotopic (exact) mass is 273 g/mol. The van der Waals surface area contributed by atoms with Crippen LogP contribution in [-0.2, 0) is 4.74 Å². The van der Waals surface area contributed by atoms with Gasteiger partial charge in [0.2, 0.25) is 0 Å². The standard InChI is InChI=1S/C14H31N3O2/c1-6-11-17(7-2)12-10-15-8-9-16-13(18)19-14(3,4)5/h15H,6-12H2,1-5H3,(H,16,18). The van der Waals surface area contributed by atoms with Crippen LogP contribution in [0.2, 0.25) is 0 Å². The number of amides is 1. The molecule has 5 nitrogen and oxygen atoms in total. The fraction of sp³-hybridized carbons (Fsp3) is 0.929. The second-order valence-corrected chi connectivity index (χ2v) is 5.61. The number of hydrogen-bond donors (Lipinski definition) is 2. The summed E-state index contributed by atoms with van der Waals surface area (Å²) in [7, 11) is 0. The van der Waals surface area contributed by atoms with E-state index >= 15 is 0 Å². The van der Waals surface area contributed by atoms with Crippen molar-refractivity contribution in [3.63, 3.8) is 0 Å². The molecule has 0 fully saturated rings. The van der Waals surface area contributed by atoms with E-state index in [-0.39, 0.29) is 6.09 Å². The molecule has 0 rings (SSSR count).